The van der Waals surface area contributed by atoms with Crippen molar-refractivity contribution >= 4 is 13.4 Å². The summed E-state index contributed by atoms with van der Waals surface area (Å²) in [6, 6.07) is 0. The maximum atomic E-state index is 2.56. The zero-order chi connectivity index (χ0) is 17.6. The summed E-state index contributed by atoms with van der Waals surface area (Å²) in [5.74, 6) is 8.86. The van der Waals surface area contributed by atoms with Crippen LogP contribution < -0.4 is 0 Å². The highest BCUT2D eigenvalue weighted by atomic mass is 14.4. The van der Waals surface area contributed by atoms with Crippen LogP contribution in [0.5, 0.6) is 0 Å². The fourth-order valence-corrected chi connectivity index (χ4v) is 6.56. The summed E-state index contributed by atoms with van der Waals surface area (Å²) in [5.41, 5.74) is 0. The van der Waals surface area contributed by atoms with Crippen molar-refractivity contribution in [1.29, 1.82) is 0 Å². The molecule has 0 N–H and O–H groups in total. The molecule has 2 aliphatic heterocycles. The van der Waals surface area contributed by atoms with Gasteiger partial charge in [-0.2, -0.15) is 0 Å². The maximum Gasteiger partial charge on any atom is 0.139 e. The SMILES string of the molecule is CC1B(CB2C(C)C(C)C(C)C(C)C2C)C(C)C(C)C(C)C1C. The van der Waals surface area contributed by atoms with Crippen molar-refractivity contribution in [3.05, 3.63) is 0 Å². The number of rotatable bonds is 2. The van der Waals surface area contributed by atoms with E-state index in [9.17, 15) is 0 Å². The molecule has 0 radical (unpaired) electrons. The van der Waals surface area contributed by atoms with Gasteiger partial charge in [0.15, 0.2) is 0 Å². The highest BCUT2D eigenvalue weighted by molar-refractivity contribution is 6.80. The second-order valence-electron chi connectivity index (χ2n) is 10.2. The van der Waals surface area contributed by atoms with E-state index in [2.05, 4.69) is 69.2 Å². The topological polar surface area (TPSA) is 0 Å². The molecule has 2 heteroatoms. The largest absolute Gasteiger partial charge is 0.139 e. The zero-order valence-electron chi connectivity index (χ0n) is 17.6. The fraction of sp³-hybridized carbons (Fsp3) is 1.00. The average molecular weight is 316 g/mol. The first-order chi connectivity index (χ1) is 10.6. The summed E-state index contributed by atoms with van der Waals surface area (Å²) in [6.07, 6.45) is 1.48. The third-order valence-electron chi connectivity index (χ3n) is 9.88. The lowest BCUT2D eigenvalue weighted by Crippen LogP contribution is -2.49. The van der Waals surface area contributed by atoms with Gasteiger partial charge >= 0.3 is 0 Å². The fourth-order valence-electron chi connectivity index (χ4n) is 6.56. The van der Waals surface area contributed by atoms with E-state index >= 15 is 0 Å². The molecular formula is C21H42B2. The van der Waals surface area contributed by atoms with E-state index in [0.29, 0.717) is 0 Å². The summed E-state index contributed by atoms with van der Waals surface area (Å²) >= 11 is 0. The molecule has 0 amide bonds. The van der Waals surface area contributed by atoms with Crippen molar-refractivity contribution in [2.45, 2.75) is 98.7 Å². The summed E-state index contributed by atoms with van der Waals surface area (Å²) in [4.78, 5) is 0. The maximum absolute atomic E-state index is 2.56. The van der Waals surface area contributed by atoms with E-state index in [-0.39, 0.29) is 0 Å². The van der Waals surface area contributed by atoms with Gasteiger partial charge in [-0.1, -0.05) is 98.7 Å². The van der Waals surface area contributed by atoms with Crippen molar-refractivity contribution in [1.82, 2.24) is 0 Å². The van der Waals surface area contributed by atoms with Crippen molar-refractivity contribution in [2.24, 2.45) is 35.5 Å². The van der Waals surface area contributed by atoms with Gasteiger partial charge in [0.1, 0.15) is 13.4 Å². The van der Waals surface area contributed by atoms with Gasteiger partial charge in [0.05, 0.1) is 0 Å². The van der Waals surface area contributed by atoms with Crippen LogP contribution in [0.3, 0.4) is 0 Å². The van der Waals surface area contributed by atoms with E-state index < -0.39 is 0 Å². The molecule has 2 rings (SSSR count). The average Bonchev–Trinajstić information content (AvgIpc) is 2.54. The lowest BCUT2D eigenvalue weighted by Gasteiger charge is -2.50. The van der Waals surface area contributed by atoms with Crippen LogP contribution in [0, 0.1) is 35.5 Å². The molecule has 0 bridgehead atoms. The van der Waals surface area contributed by atoms with Crippen LogP contribution in [0.2, 0.25) is 29.5 Å². The van der Waals surface area contributed by atoms with E-state index in [1.165, 1.54) is 6.22 Å². The minimum atomic E-state index is 0.883. The summed E-state index contributed by atoms with van der Waals surface area (Å²) in [6.45, 7) is 27.2. The Labute approximate surface area is 148 Å². The summed E-state index contributed by atoms with van der Waals surface area (Å²) < 4.78 is 0. The third kappa shape index (κ3) is 3.30. The summed E-state index contributed by atoms with van der Waals surface area (Å²) in [7, 11) is 0. The van der Waals surface area contributed by atoms with Crippen LogP contribution in [-0.4, -0.2) is 13.4 Å². The van der Waals surface area contributed by atoms with Gasteiger partial charge in [0, 0.05) is 0 Å². The molecule has 132 valence electrons. The van der Waals surface area contributed by atoms with Crippen molar-refractivity contribution in [3.8, 4) is 0 Å². The van der Waals surface area contributed by atoms with Gasteiger partial charge in [-0.05, 0) is 35.5 Å². The third-order valence-corrected chi connectivity index (χ3v) is 9.88. The first kappa shape index (κ1) is 19.5. The Kier molecular flexibility index (Phi) is 6.06. The second kappa shape index (κ2) is 7.17. The van der Waals surface area contributed by atoms with Crippen LogP contribution in [0.1, 0.15) is 69.2 Å². The Bertz CT molecular complexity index is 327. The van der Waals surface area contributed by atoms with E-state index in [1.807, 2.05) is 0 Å². The molecule has 23 heavy (non-hydrogen) atoms. The minimum absolute atomic E-state index is 0.883. The molecule has 0 spiro atoms. The Morgan fingerprint density at radius 3 is 0.826 bits per heavy atom. The molecule has 8 unspecified atom stereocenters. The van der Waals surface area contributed by atoms with Crippen molar-refractivity contribution in [3.63, 3.8) is 0 Å². The van der Waals surface area contributed by atoms with Crippen molar-refractivity contribution < 1.29 is 0 Å². The Morgan fingerprint density at radius 1 is 0.391 bits per heavy atom. The Hall–Kier alpha value is 0.130. The molecule has 0 nitrogen and oxygen atoms in total. The van der Waals surface area contributed by atoms with E-state index in [4.69, 9.17) is 0 Å². The lowest BCUT2D eigenvalue weighted by molar-refractivity contribution is 0.233. The number of hydrogen-bond acceptors (Lipinski definition) is 0. The Balaban J connectivity index is 2.19. The van der Waals surface area contributed by atoms with Crippen LogP contribution in [-0.2, 0) is 0 Å². The van der Waals surface area contributed by atoms with E-state index in [0.717, 1.165) is 72.2 Å². The molecule has 2 fully saturated rings. The van der Waals surface area contributed by atoms with Crippen LogP contribution in [0.15, 0.2) is 0 Å². The molecule has 0 aromatic carbocycles. The van der Waals surface area contributed by atoms with Crippen LogP contribution >= 0.6 is 0 Å². The molecule has 0 aliphatic carbocycles. The molecule has 2 saturated heterocycles. The van der Waals surface area contributed by atoms with Crippen LogP contribution in [0.25, 0.3) is 0 Å². The van der Waals surface area contributed by atoms with Gasteiger partial charge in [0.25, 0.3) is 0 Å². The molecule has 0 aromatic rings. The first-order valence-electron chi connectivity index (χ1n) is 10.6. The molecular weight excluding hydrogens is 274 g/mol. The predicted molar refractivity (Wildman–Crippen MR) is 109 cm³/mol. The Morgan fingerprint density at radius 2 is 0.609 bits per heavy atom. The quantitative estimate of drug-likeness (QED) is 0.485. The zero-order valence-corrected chi connectivity index (χ0v) is 17.6. The normalized spacial score (nSPS) is 51.9. The minimum Gasteiger partial charge on any atom is -0.0939 e. The molecule has 0 saturated carbocycles. The van der Waals surface area contributed by atoms with Gasteiger partial charge in [-0.15, -0.1) is 0 Å². The number of hydrogen-bond donors (Lipinski definition) is 0. The highest BCUT2D eigenvalue weighted by Gasteiger charge is 2.49. The van der Waals surface area contributed by atoms with Gasteiger partial charge in [-0.3, -0.25) is 0 Å². The smallest absolute Gasteiger partial charge is 0.0939 e. The van der Waals surface area contributed by atoms with E-state index in [1.54, 1.807) is 0 Å². The molecule has 0 aromatic heterocycles. The standard InChI is InChI=1S/C21H42B2/c1-12-14(3)18(7)22(19(8)15(12)4)11-23-20(9)16(5)13(2)17(6)21(23)10/h12-21H,11H2,1-10H3. The summed E-state index contributed by atoms with van der Waals surface area (Å²) in [5, 5.41) is 0. The lowest BCUT2D eigenvalue weighted by atomic mass is 9.12. The van der Waals surface area contributed by atoms with Crippen molar-refractivity contribution in [2.75, 3.05) is 0 Å². The van der Waals surface area contributed by atoms with Gasteiger partial charge < -0.3 is 0 Å². The van der Waals surface area contributed by atoms with Crippen LogP contribution in [0.4, 0.5) is 0 Å². The van der Waals surface area contributed by atoms with Gasteiger partial charge in [0.2, 0.25) is 0 Å². The van der Waals surface area contributed by atoms with Gasteiger partial charge in [-0.25, -0.2) is 0 Å². The molecule has 2 aliphatic rings. The monoisotopic (exact) mass is 316 g/mol. The molecule has 8 atom stereocenters. The first-order valence-corrected chi connectivity index (χ1v) is 10.6. The highest BCUT2D eigenvalue weighted by Crippen LogP contribution is 2.53. The predicted octanol–water partition coefficient (Wildman–Crippen LogP) is 6.92. The molecule has 2 heterocycles. The second-order valence-corrected chi connectivity index (χ2v) is 10.2.